The van der Waals surface area contributed by atoms with Gasteiger partial charge in [-0.1, -0.05) is 152 Å². The predicted molar refractivity (Wildman–Crippen MR) is 208 cm³/mol. The number of furan rings is 1. The molecule has 228 valence electrons. The summed E-state index contributed by atoms with van der Waals surface area (Å²) in [5.41, 5.74) is 11.6. The summed E-state index contributed by atoms with van der Waals surface area (Å²) in [6.45, 7) is 0. The molecule has 0 N–H and O–H groups in total. The van der Waals surface area contributed by atoms with E-state index < -0.39 is 0 Å². The fraction of sp³-hybridized carbons (Fsp3) is 0. The van der Waals surface area contributed by atoms with E-state index in [4.69, 9.17) is 4.42 Å². The first-order valence-electron chi connectivity index (χ1n) is 16.8. The van der Waals surface area contributed by atoms with Crippen molar-refractivity contribution in [3.63, 3.8) is 0 Å². The molecule has 0 radical (unpaired) electrons. The molecule has 10 aromatic rings. The molecule has 9 aromatic carbocycles. The first-order valence-corrected chi connectivity index (χ1v) is 16.8. The minimum Gasteiger partial charge on any atom is -0.456 e. The van der Waals surface area contributed by atoms with Crippen LogP contribution in [0.25, 0.3) is 98.8 Å². The second-order valence-electron chi connectivity index (χ2n) is 12.9. The van der Waals surface area contributed by atoms with Crippen molar-refractivity contribution in [2.45, 2.75) is 0 Å². The van der Waals surface area contributed by atoms with E-state index in [1.54, 1.807) is 0 Å². The second-order valence-corrected chi connectivity index (χ2v) is 12.9. The molecule has 0 aliphatic heterocycles. The molecule has 10 rings (SSSR count). The summed E-state index contributed by atoms with van der Waals surface area (Å²) >= 11 is 0. The Morgan fingerprint density at radius 1 is 0.245 bits per heavy atom. The fourth-order valence-corrected chi connectivity index (χ4v) is 7.71. The zero-order chi connectivity index (χ0) is 32.3. The van der Waals surface area contributed by atoms with Crippen LogP contribution in [0.15, 0.2) is 186 Å². The summed E-state index contributed by atoms with van der Waals surface area (Å²) in [6.07, 6.45) is 0. The Kier molecular flexibility index (Phi) is 6.25. The summed E-state index contributed by atoms with van der Waals surface area (Å²) in [5.74, 6) is 0. The molecule has 0 aliphatic rings. The zero-order valence-electron chi connectivity index (χ0n) is 26.7. The van der Waals surface area contributed by atoms with Crippen LogP contribution >= 0.6 is 0 Å². The van der Waals surface area contributed by atoms with E-state index in [0.29, 0.717) is 0 Å². The Balaban J connectivity index is 1.11. The van der Waals surface area contributed by atoms with Gasteiger partial charge in [0.25, 0.3) is 0 Å². The minimum absolute atomic E-state index is 0.915. The standard InChI is InChI=1S/C48H30O/c1-2-11-31(12-3-1)34-15-10-16-38(27-34)48-41-19-8-6-17-39(41)47(40-18-7-9-20-42(40)48)33-23-21-32(22-24-33)37-25-26-45-43(29-37)44-28-35-13-4-5-14-36(35)30-46(44)49-45/h1-30H. The first kappa shape index (κ1) is 27.7. The maximum absolute atomic E-state index is 6.28. The Bertz CT molecular complexity index is 2800. The lowest BCUT2D eigenvalue weighted by Crippen LogP contribution is -1.91. The topological polar surface area (TPSA) is 13.1 Å². The van der Waals surface area contributed by atoms with Crippen molar-refractivity contribution in [3.05, 3.63) is 182 Å². The third-order valence-electron chi connectivity index (χ3n) is 10.0. The summed E-state index contributed by atoms with van der Waals surface area (Å²) in [5, 5.41) is 9.75. The SMILES string of the molecule is c1ccc(-c2cccc(-c3c4ccccc4c(-c4ccc(-c5ccc6oc7cc8ccccc8cc7c6c5)cc4)c4ccccc34)c2)cc1. The van der Waals surface area contributed by atoms with E-state index in [2.05, 4.69) is 182 Å². The molecule has 49 heavy (non-hydrogen) atoms. The Morgan fingerprint density at radius 2 is 0.714 bits per heavy atom. The van der Waals surface area contributed by atoms with Gasteiger partial charge in [0.05, 0.1) is 0 Å². The summed E-state index contributed by atoms with van der Waals surface area (Å²) < 4.78 is 6.28. The lowest BCUT2D eigenvalue weighted by molar-refractivity contribution is 0.669. The van der Waals surface area contributed by atoms with Crippen molar-refractivity contribution in [3.8, 4) is 44.5 Å². The molecule has 0 amide bonds. The van der Waals surface area contributed by atoms with Crippen molar-refractivity contribution < 1.29 is 4.42 Å². The molecule has 0 spiro atoms. The van der Waals surface area contributed by atoms with Crippen LogP contribution in [0, 0.1) is 0 Å². The maximum atomic E-state index is 6.28. The van der Waals surface area contributed by atoms with Crippen LogP contribution in [0.3, 0.4) is 0 Å². The third-order valence-corrected chi connectivity index (χ3v) is 10.0. The summed E-state index contributed by atoms with van der Waals surface area (Å²) in [4.78, 5) is 0. The summed E-state index contributed by atoms with van der Waals surface area (Å²) in [6, 6.07) is 65.8. The third kappa shape index (κ3) is 4.55. The zero-order valence-corrected chi connectivity index (χ0v) is 26.7. The highest BCUT2D eigenvalue weighted by molar-refractivity contribution is 6.21. The van der Waals surface area contributed by atoms with E-state index in [0.717, 1.165) is 21.9 Å². The number of benzene rings is 9. The molecule has 0 unspecified atom stereocenters. The van der Waals surface area contributed by atoms with Gasteiger partial charge in [-0.3, -0.25) is 0 Å². The highest BCUT2D eigenvalue weighted by atomic mass is 16.3. The highest BCUT2D eigenvalue weighted by Crippen LogP contribution is 2.44. The molecule has 0 atom stereocenters. The molecule has 1 aromatic heterocycles. The molecule has 1 nitrogen and oxygen atoms in total. The van der Waals surface area contributed by atoms with Crippen LogP contribution in [0.1, 0.15) is 0 Å². The molecule has 0 fully saturated rings. The maximum Gasteiger partial charge on any atom is 0.136 e. The number of hydrogen-bond donors (Lipinski definition) is 0. The van der Waals surface area contributed by atoms with Crippen molar-refractivity contribution in [2.75, 3.05) is 0 Å². The van der Waals surface area contributed by atoms with Crippen molar-refractivity contribution in [1.82, 2.24) is 0 Å². The predicted octanol–water partition coefficient (Wildman–Crippen LogP) is 13.7. The smallest absolute Gasteiger partial charge is 0.136 e. The van der Waals surface area contributed by atoms with Gasteiger partial charge in [0.2, 0.25) is 0 Å². The van der Waals surface area contributed by atoms with Gasteiger partial charge in [0.1, 0.15) is 11.2 Å². The molecule has 0 saturated carbocycles. The average Bonchev–Trinajstić information content (AvgIpc) is 3.53. The summed E-state index contributed by atoms with van der Waals surface area (Å²) in [7, 11) is 0. The second kappa shape index (κ2) is 11.1. The Hall–Kier alpha value is -6.44. The molecular formula is C48H30O. The normalized spacial score (nSPS) is 11.7. The number of fused-ring (bicyclic) bond motifs is 6. The molecule has 1 heterocycles. The average molecular weight is 623 g/mol. The van der Waals surface area contributed by atoms with Gasteiger partial charge in [-0.2, -0.15) is 0 Å². The van der Waals surface area contributed by atoms with Crippen LogP contribution < -0.4 is 0 Å². The molecule has 0 aliphatic carbocycles. The fourth-order valence-electron chi connectivity index (χ4n) is 7.71. The van der Waals surface area contributed by atoms with Gasteiger partial charge in [-0.05, 0) is 107 Å². The van der Waals surface area contributed by atoms with Crippen LogP contribution in [-0.2, 0) is 0 Å². The molecular weight excluding hydrogens is 593 g/mol. The molecule has 1 heteroatoms. The lowest BCUT2D eigenvalue weighted by atomic mass is 9.85. The van der Waals surface area contributed by atoms with Crippen LogP contribution in [0.5, 0.6) is 0 Å². The van der Waals surface area contributed by atoms with E-state index in [-0.39, 0.29) is 0 Å². The van der Waals surface area contributed by atoms with Crippen LogP contribution in [-0.4, -0.2) is 0 Å². The van der Waals surface area contributed by atoms with Gasteiger partial charge >= 0.3 is 0 Å². The minimum atomic E-state index is 0.915. The van der Waals surface area contributed by atoms with Crippen molar-refractivity contribution in [1.29, 1.82) is 0 Å². The van der Waals surface area contributed by atoms with Crippen molar-refractivity contribution >= 4 is 54.3 Å². The quantitative estimate of drug-likeness (QED) is 0.178. The molecule has 0 bridgehead atoms. The van der Waals surface area contributed by atoms with E-state index in [1.807, 2.05) is 0 Å². The van der Waals surface area contributed by atoms with Crippen LogP contribution in [0.2, 0.25) is 0 Å². The van der Waals surface area contributed by atoms with E-state index >= 15 is 0 Å². The lowest BCUT2D eigenvalue weighted by Gasteiger charge is -2.18. The van der Waals surface area contributed by atoms with Gasteiger partial charge in [0.15, 0.2) is 0 Å². The number of rotatable bonds is 4. The van der Waals surface area contributed by atoms with E-state index in [1.165, 1.54) is 76.8 Å². The van der Waals surface area contributed by atoms with Crippen LogP contribution in [0.4, 0.5) is 0 Å². The Labute approximate surface area is 284 Å². The molecule has 0 saturated heterocycles. The van der Waals surface area contributed by atoms with Gasteiger partial charge < -0.3 is 4.42 Å². The Morgan fingerprint density at radius 3 is 1.41 bits per heavy atom. The van der Waals surface area contributed by atoms with Gasteiger partial charge in [-0.25, -0.2) is 0 Å². The highest BCUT2D eigenvalue weighted by Gasteiger charge is 2.17. The van der Waals surface area contributed by atoms with Gasteiger partial charge in [0, 0.05) is 10.8 Å². The number of hydrogen-bond acceptors (Lipinski definition) is 1. The van der Waals surface area contributed by atoms with Gasteiger partial charge in [-0.15, -0.1) is 0 Å². The first-order chi connectivity index (χ1) is 24.3. The largest absolute Gasteiger partial charge is 0.456 e. The monoisotopic (exact) mass is 622 g/mol. The van der Waals surface area contributed by atoms with Crippen molar-refractivity contribution in [2.24, 2.45) is 0 Å². The van der Waals surface area contributed by atoms with E-state index in [9.17, 15) is 0 Å².